The van der Waals surface area contributed by atoms with Crippen molar-refractivity contribution >= 4 is 29.9 Å². The van der Waals surface area contributed by atoms with Crippen LogP contribution in [0.3, 0.4) is 0 Å². The summed E-state index contributed by atoms with van der Waals surface area (Å²) in [7, 11) is 3.47. The number of methoxy groups -OCH3 is 1. The van der Waals surface area contributed by atoms with E-state index in [9.17, 15) is 0 Å². The van der Waals surface area contributed by atoms with Crippen LogP contribution in [0.15, 0.2) is 4.99 Å². The van der Waals surface area contributed by atoms with E-state index < -0.39 is 0 Å². The molecule has 0 unspecified atom stereocenters. The molecule has 0 aliphatic rings. The number of hydrogen-bond donors (Lipinski definition) is 2. The SMILES string of the molecule is CN=C(NCCCOCCOC)NCCC(C)(C)C.I. The van der Waals surface area contributed by atoms with E-state index in [-0.39, 0.29) is 24.0 Å². The van der Waals surface area contributed by atoms with Crippen molar-refractivity contribution in [2.24, 2.45) is 10.4 Å². The lowest BCUT2D eigenvalue weighted by Crippen LogP contribution is -2.39. The number of guanidine groups is 1. The zero-order valence-corrected chi connectivity index (χ0v) is 16.0. The van der Waals surface area contributed by atoms with E-state index in [1.165, 1.54) is 0 Å². The van der Waals surface area contributed by atoms with Crippen LogP contribution in [0.5, 0.6) is 0 Å². The van der Waals surface area contributed by atoms with Gasteiger partial charge in [0.15, 0.2) is 5.96 Å². The summed E-state index contributed by atoms with van der Waals surface area (Å²) < 4.78 is 10.3. The van der Waals surface area contributed by atoms with Crippen LogP contribution in [0.1, 0.15) is 33.6 Å². The lowest BCUT2D eigenvalue weighted by atomic mass is 9.92. The van der Waals surface area contributed by atoms with E-state index in [1.807, 2.05) is 0 Å². The molecule has 0 atom stereocenters. The molecule has 122 valence electrons. The van der Waals surface area contributed by atoms with Crippen molar-refractivity contribution < 1.29 is 9.47 Å². The minimum absolute atomic E-state index is 0. The molecule has 0 aliphatic heterocycles. The van der Waals surface area contributed by atoms with Crippen molar-refractivity contribution in [1.29, 1.82) is 0 Å². The van der Waals surface area contributed by atoms with E-state index in [0.29, 0.717) is 18.6 Å². The van der Waals surface area contributed by atoms with Gasteiger partial charge >= 0.3 is 0 Å². The molecular formula is C14H32IN3O2. The fraction of sp³-hybridized carbons (Fsp3) is 0.929. The van der Waals surface area contributed by atoms with Gasteiger partial charge in [-0.25, -0.2) is 0 Å². The quantitative estimate of drug-likeness (QED) is 0.269. The molecule has 0 aromatic carbocycles. The highest BCUT2D eigenvalue weighted by atomic mass is 127. The Kier molecular flexibility index (Phi) is 15.4. The molecule has 0 aromatic rings. The summed E-state index contributed by atoms with van der Waals surface area (Å²) in [6, 6.07) is 0. The van der Waals surface area contributed by atoms with Gasteiger partial charge in [-0.15, -0.1) is 24.0 Å². The summed E-state index contributed by atoms with van der Waals surface area (Å²) in [4.78, 5) is 4.19. The van der Waals surface area contributed by atoms with Gasteiger partial charge < -0.3 is 20.1 Å². The maximum Gasteiger partial charge on any atom is 0.190 e. The van der Waals surface area contributed by atoms with E-state index in [4.69, 9.17) is 9.47 Å². The number of rotatable bonds is 9. The van der Waals surface area contributed by atoms with Gasteiger partial charge in [0, 0.05) is 33.9 Å². The lowest BCUT2D eigenvalue weighted by molar-refractivity contribution is 0.0698. The largest absolute Gasteiger partial charge is 0.382 e. The van der Waals surface area contributed by atoms with E-state index >= 15 is 0 Å². The Morgan fingerprint density at radius 3 is 2.25 bits per heavy atom. The van der Waals surface area contributed by atoms with E-state index in [2.05, 4.69) is 36.4 Å². The van der Waals surface area contributed by atoms with Crippen molar-refractivity contribution in [3.8, 4) is 0 Å². The minimum atomic E-state index is 0. The van der Waals surface area contributed by atoms with Crippen LogP contribution in [-0.2, 0) is 9.47 Å². The summed E-state index contributed by atoms with van der Waals surface area (Å²) >= 11 is 0. The van der Waals surface area contributed by atoms with Gasteiger partial charge in [-0.1, -0.05) is 20.8 Å². The Balaban J connectivity index is 0. The van der Waals surface area contributed by atoms with Gasteiger partial charge in [0.25, 0.3) is 0 Å². The van der Waals surface area contributed by atoms with Crippen LogP contribution in [0.2, 0.25) is 0 Å². The topological polar surface area (TPSA) is 54.9 Å². The summed E-state index contributed by atoms with van der Waals surface area (Å²) in [6.45, 7) is 10.6. The molecule has 20 heavy (non-hydrogen) atoms. The Labute approximate surface area is 141 Å². The number of nitrogens with one attached hydrogen (secondary N) is 2. The van der Waals surface area contributed by atoms with Gasteiger partial charge in [0.05, 0.1) is 13.2 Å². The molecule has 5 nitrogen and oxygen atoms in total. The highest BCUT2D eigenvalue weighted by molar-refractivity contribution is 14.0. The van der Waals surface area contributed by atoms with Crippen LogP contribution in [0, 0.1) is 5.41 Å². The van der Waals surface area contributed by atoms with Crippen LogP contribution in [0.25, 0.3) is 0 Å². The normalized spacial score (nSPS) is 11.9. The molecule has 0 fully saturated rings. The van der Waals surface area contributed by atoms with Crippen molar-refractivity contribution in [3.05, 3.63) is 0 Å². The lowest BCUT2D eigenvalue weighted by Gasteiger charge is -2.19. The second-order valence-electron chi connectivity index (χ2n) is 5.70. The molecule has 6 heteroatoms. The molecule has 0 rings (SSSR count). The Morgan fingerprint density at radius 2 is 1.70 bits per heavy atom. The summed E-state index contributed by atoms with van der Waals surface area (Å²) in [6.07, 6.45) is 2.08. The standard InChI is InChI=1S/C14H31N3O2.HI/c1-14(2,3)7-9-17-13(15-4)16-8-6-10-19-12-11-18-5;/h6-12H2,1-5H3,(H2,15,16,17);1H. The second-order valence-corrected chi connectivity index (χ2v) is 5.70. The number of halogens is 1. The first-order chi connectivity index (χ1) is 8.99. The highest BCUT2D eigenvalue weighted by Gasteiger charge is 2.09. The summed E-state index contributed by atoms with van der Waals surface area (Å²) in [5.41, 5.74) is 0.348. The maximum atomic E-state index is 5.39. The zero-order valence-electron chi connectivity index (χ0n) is 13.6. The summed E-state index contributed by atoms with van der Waals surface area (Å²) in [5, 5.41) is 6.59. The summed E-state index contributed by atoms with van der Waals surface area (Å²) in [5.74, 6) is 0.862. The van der Waals surface area contributed by atoms with Crippen LogP contribution < -0.4 is 10.6 Å². The third-order valence-corrected chi connectivity index (χ3v) is 2.58. The predicted octanol–water partition coefficient (Wildman–Crippen LogP) is 2.26. The van der Waals surface area contributed by atoms with Gasteiger partial charge in [-0.2, -0.15) is 0 Å². The maximum absolute atomic E-state index is 5.39. The molecule has 0 bridgehead atoms. The molecule has 0 aliphatic carbocycles. The molecule has 0 saturated carbocycles. The number of hydrogen-bond acceptors (Lipinski definition) is 3. The fourth-order valence-electron chi connectivity index (χ4n) is 1.40. The van der Waals surface area contributed by atoms with Crippen molar-refractivity contribution in [2.75, 3.05) is 47.1 Å². The zero-order chi connectivity index (χ0) is 14.6. The van der Waals surface area contributed by atoms with Gasteiger partial charge in [-0.05, 0) is 18.3 Å². The molecule has 0 aromatic heterocycles. The average molecular weight is 401 g/mol. The number of aliphatic imine (C=N–C) groups is 1. The third-order valence-electron chi connectivity index (χ3n) is 2.58. The predicted molar refractivity (Wildman–Crippen MR) is 96.2 cm³/mol. The van der Waals surface area contributed by atoms with Crippen LogP contribution >= 0.6 is 24.0 Å². The molecule has 0 heterocycles. The minimum Gasteiger partial charge on any atom is -0.382 e. The molecule has 0 radical (unpaired) electrons. The van der Waals surface area contributed by atoms with Gasteiger partial charge in [0.2, 0.25) is 0 Å². The fourth-order valence-corrected chi connectivity index (χ4v) is 1.40. The molecular weight excluding hydrogens is 369 g/mol. The average Bonchev–Trinajstić information content (AvgIpc) is 2.34. The first-order valence-corrected chi connectivity index (χ1v) is 7.01. The number of ether oxygens (including phenoxy) is 2. The molecule has 0 saturated heterocycles. The smallest absolute Gasteiger partial charge is 0.190 e. The van der Waals surface area contributed by atoms with Gasteiger partial charge in [-0.3, -0.25) is 4.99 Å². The van der Waals surface area contributed by atoms with Crippen molar-refractivity contribution in [3.63, 3.8) is 0 Å². The monoisotopic (exact) mass is 401 g/mol. The first kappa shape index (κ1) is 22.2. The number of nitrogens with zero attached hydrogens (tertiary/aromatic N) is 1. The third kappa shape index (κ3) is 16.0. The second kappa shape index (κ2) is 13.9. The van der Waals surface area contributed by atoms with Crippen LogP contribution in [-0.4, -0.2) is 53.0 Å². The van der Waals surface area contributed by atoms with Crippen molar-refractivity contribution in [2.45, 2.75) is 33.6 Å². The van der Waals surface area contributed by atoms with Crippen molar-refractivity contribution in [1.82, 2.24) is 10.6 Å². The molecule has 0 amide bonds. The first-order valence-electron chi connectivity index (χ1n) is 7.01. The molecule has 2 N–H and O–H groups in total. The van der Waals surface area contributed by atoms with Crippen LogP contribution in [0.4, 0.5) is 0 Å². The molecule has 0 spiro atoms. The highest BCUT2D eigenvalue weighted by Crippen LogP contribution is 2.16. The Bertz CT molecular complexity index is 243. The Hall–Kier alpha value is -0.0800. The van der Waals surface area contributed by atoms with E-state index in [1.54, 1.807) is 14.2 Å². The van der Waals surface area contributed by atoms with Gasteiger partial charge in [0.1, 0.15) is 0 Å². The Morgan fingerprint density at radius 1 is 1.05 bits per heavy atom. The van der Waals surface area contributed by atoms with E-state index in [0.717, 1.165) is 38.5 Å².